The van der Waals surface area contributed by atoms with E-state index in [9.17, 15) is 4.79 Å². The van der Waals surface area contributed by atoms with Gasteiger partial charge in [-0.25, -0.2) is 0 Å². The molecule has 0 aromatic rings. The molecule has 1 saturated carbocycles. The molecule has 1 aliphatic carbocycles. The quantitative estimate of drug-likeness (QED) is 0.850. The predicted molar refractivity (Wildman–Crippen MR) is 73.8 cm³/mol. The van der Waals surface area contributed by atoms with Crippen LogP contribution in [0.4, 0.5) is 0 Å². The van der Waals surface area contributed by atoms with Gasteiger partial charge >= 0.3 is 0 Å². The fourth-order valence-corrected chi connectivity index (χ4v) is 3.06. The lowest BCUT2D eigenvalue weighted by Gasteiger charge is -2.30. The molecule has 1 saturated heterocycles. The van der Waals surface area contributed by atoms with Gasteiger partial charge in [-0.2, -0.15) is 0 Å². The highest BCUT2D eigenvalue weighted by Gasteiger charge is 2.35. The number of halogens is 1. The van der Waals surface area contributed by atoms with Gasteiger partial charge in [0, 0.05) is 19.1 Å². The summed E-state index contributed by atoms with van der Waals surface area (Å²) in [5, 5.41) is 0. The molecule has 0 bridgehead atoms. The maximum Gasteiger partial charge on any atom is 0.251 e. The van der Waals surface area contributed by atoms with E-state index in [1.54, 1.807) is 0 Å². The van der Waals surface area contributed by atoms with Gasteiger partial charge in [0.25, 0.3) is 5.91 Å². The molecule has 2 atom stereocenters. The number of nitrogens with two attached hydrogens (primary N) is 1. The molecule has 4 nitrogen and oxygen atoms in total. The molecule has 0 radical (unpaired) electrons. The molecule has 106 valence electrons. The molecule has 5 heteroatoms. The first-order valence-electron chi connectivity index (χ1n) is 6.92. The summed E-state index contributed by atoms with van der Waals surface area (Å²) >= 11 is 0. The first kappa shape index (κ1) is 15.7. The van der Waals surface area contributed by atoms with Crippen molar-refractivity contribution in [2.24, 2.45) is 5.73 Å². The Morgan fingerprint density at radius 1 is 1.28 bits per heavy atom. The van der Waals surface area contributed by atoms with Crippen molar-refractivity contribution in [3.05, 3.63) is 0 Å². The number of rotatable bonds is 4. The molecule has 2 rings (SSSR count). The molecule has 1 amide bonds. The number of hydrogen-bond acceptors (Lipinski definition) is 3. The predicted octanol–water partition coefficient (Wildman–Crippen LogP) is 1.71. The average molecular weight is 277 g/mol. The zero-order valence-electron chi connectivity index (χ0n) is 11.1. The first-order valence-corrected chi connectivity index (χ1v) is 6.92. The highest BCUT2D eigenvalue weighted by molar-refractivity contribution is 5.85. The topological polar surface area (TPSA) is 55.6 Å². The Morgan fingerprint density at radius 2 is 1.94 bits per heavy atom. The highest BCUT2D eigenvalue weighted by atomic mass is 35.5. The van der Waals surface area contributed by atoms with Crippen molar-refractivity contribution in [1.82, 2.24) is 4.90 Å². The van der Waals surface area contributed by atoms with Crippen molar-refractivity contribution in [3.63, 3.8) is 0 Å². The number of ether oxygens (including phenoxy) is 1. The molecule has 0 aromatic carbocycles. The molecule has 2 N–H and O–H groups in total. The molecule has 18 heavy (non-hydrogen) atoms. The van der Waals surface area contributed by atoms with Crippen LogP contribution in [0, 0.1) is 0 Å². The number of carbonyl (C=O) groups is 1. The molecule has 0 spiro atoms. The molecule has 0 unspecified atom stereocenters. The normalized spacial score (nSPS) is 28.1. The SMILES string of the molecule is CCN(C(=O)[C@@H]1CC[C@H](CN)O1)C1CCCC1.Cl. The lowest BCUT2D eigenvalue weighted by Crippen LogP contribution is -2.44. The van der Waals surface area contributed by atoms with Crippen molar-refractivity contribution in [3.8, 4) is 0 Å². The zero-order valence-corrected chi connectivity index (χ0v) is 12.0. The summed E-state index contributed by atoms with van der Waals surface area (Å²) in [6, 6.07) is 0.452. The Labute approximate surface area is 116 Å². The van der Waals surface area contributed by atoms with Crippen molar-refractivity contribution < 1.29 is 9.53 Å². The number of amides is 1. The minimum Gasteiger partial charge on any atom is -0.364 e. The van der Waals surface area contributed by atoms with E-state index >= 15 is 0 Å². The van der Waals surface area contributed by atoms with E-state index in [2.05, 4.69) is 6.92 Å². The maximum absolute atomic E-state index is 12.4. The number of likely N-dealkylation sites (N-methyl/N-ethyl adjacent to an activating group) is 1. The van der Waals surface area contributed by atoms with Crippen LogP contribution in [0.25, 0.3) is 0 Å². The summed E-state index contributed by atoms with van der Waals surface area (Å²) in [6.45, 7) is 3.39. The Kier molecular flexibility index (Phi) is 6.39. The largest absolute Gasteiger partial charge is 0.364 e. The van der Waals surface area contributed by atoms with Crippen LogP contribution in [0.3, 0.4) is 0 Å². The van der Waals surface area contributed by atoms with Crippen molar-refractivity contribution in [2.45, 2.75) is 63.7 Å². The van der Waals surface area contributed by atoms with Crippen LogP contribution in [0.5, 0.6) is 0 Å². The van der Waals surface area contributed by atoms with Crippen molar-refractivity contribution in [2.75, 3.05) is 13.1 Å². The number of carbonyl (C=O) groups excluding carboxylic acids is 1. The minimum absolute atomic E-state index is 0. The van der Waals surface area contributed by atoms with Crippen LogP contribution in [-0.2, 0) is 9.53 Å². The van der Waals surface area contributed by atoms with E-state index in [1.165, 1.54) is 12.8 Å². The first-order chi connectivity index (χ1) is 8.26. The fraction of sp³-hybridized carbons (Fsp3) is 0.923. The van der Waals surface area contributed by atoms with Crippen LogP contribution in [-0.4, -0.2) is 42.1 Å². The van der Waals surface area contributed by atoms with Gasteiger partial charge in [-0.3, -0.25) is 4.79 Å². The summed E-state index contributed by atoms with van der Waals surface area (Å²) in [5.74, 6) is 0.190. The van der Waals surface area contributed by atoms with E-state index in [0.29, 0.717) is 12.6 Å². The van der Waals surface area contributed by atoms with Crippen LogP contribution in [0.2, 0.25) is 0 Å². The van der Waals surface area contributed by atoms with Gasteiger partial charge in [0.05, 0.1) is 6.10 Å². The third kappa shape index (κ3) is 3.37. The number of hydrogen-bond donors (Lipinski definition) is 1. The van der Waals surface area contributed by atoms with Gasteiger partial charge in [-0.05, 0) is 32.6 Å². The monoisotopic (exact) mass is 276 g/mol. The standard InChI is InChI=1S/C13H24N2O2.ClH/c1-2-15(10-5-3-4-6-10)13(16)12-8-7-11(9-14)17-12;/h10-12H,2-9,14H2,1H3;1H/t11-,12+;/m1./s1. The van der Waals surface area contributed by atoms with Gasteiger partial charge < -0.3 is 15.4 Å². The Balaban J connectivity index is 0.00000162. The van der Waals surface area contributed by atoms with Gasteiger partial charge in [-0.15, -0.1) is 12.4 Å². The van der Waals surface area contributed by atoms with E-state index in [0.717, 1.165) is 32.2 Å². The summed E-state index contributed by atoms with van der Waals surface area (Å²) in [5.41, 5.74) is 5.58. The third-order valence-electron chi connectivity index (χ3n) is 4.04. The van der Waals surface area contributed by atoms with E-state index in [-0.39, 0.29) is 30.5 Å². The second-order valence-electron chi connectivity index (χ2n) is 5.12. The fourth-order valence-electron chi connectivity index (χ4n) is 3.06. The highest BCUT2D eigenvalue weighted by Crippen LogP contribution is 2.27. The summed E-state index contributed by atoms with van der Waals surface area (Å²) in [7, 11) is 0. The van der Waals surface area contributed by atoms with Crippen LogP contribution >= 0.6 is 12.4 Å². The number of nitrogens with zero attached hydrogens (tertiary/aromatic N) is 1. The lowest BCUT2D eigenvalue weighted by molar-refractivity contribution is -0.144. The Bertz CT molecular complexity index is 270. The van der Waals surface area contributed by atoms with Crippen LogP contribution in [0.15, 0.2) is 0 Å². The summed E-state index contributed by atoms with van der Waals surface area (Å²) in [4.78, 5) is 14.4. The zero-order chi connectivity index (χ0) is 12.3. The molecule has 1 heterocycles. The molecular weight excluding hydrogens is 252 g/mol. The third-order valence-corrected chi connectivity index (χ3v) is 4.04. The van der Waals surface area contributed by atoms with Gasteiger partial charge in [0.1, 0.15) is 6.10 Å². The average Bonchev–Trinajstić information content (AvgIpc) is 3.00. The van der Waals surface area contributed by atoms with Crippen molar-refractivity contribution in [1.29, 1.82) is 0 Å². The second kappa shape index (κ2) is 7.31. The molecular formula is C13H25ClN2O2. The molecule has 0 aromatic heterocycles. The van der Waals surface area contributed by atoms with E-state index < -0.39 is 0 Å². The molecule has 2 fully saturated rings. The Morgan fingerprint density at radius 3 is 2.44 bits per heavy atom. The smallest absolute Gasteiger partial charge is 0.251 e. The minimum atomic E-state index is -0.232. The lowest BCUT2D eigenvalue weighted by atomic mass is 10.1. The van der Waals surface area contributed by atoms with Gasteiger partial charge in [0.2, 0.25) is 0 Å². The van der Waals surface area contributed by atoms with E-state index in [1.807, 2.05) is 4.90 Å². The van der Waals surface area contributed by atoms with Crippen molar-refractivity contribution >= 4 is 18.3 Å². The van der Waals surface area contributed by atoms with E-state index in [4.69, 9.17) is 10.5 Å². The summed E-state index contributed by atoms with van der Waals surface area (Å²) in [6.07, 6.45) is 6.45. The summed E-state index contributed by atoms with van der Waals surface area (Å²) < 4.78 is 5.70. The van der Waals surface area contributed by atoms with Crippen LogP contribution in [0.1, 0.15) is 45.4 Å². The maximum atomic E-state index is 12.4. The van der Waals surface area contributed by atoms with Gasteiger partial charge in [0.15, 0.2) is 0 Å². The van der Waals surface area contributed by atoms with Gasteiger partial charge in [-0.1, -0.05) is 12.8 Å². The Hall–Kier alpha value is -0.320. The molecule has 2 aliphatic rings. The second-order valence-corrected chi connectivity index (χ2v) is 5.12. The van der Waals surface area contributed by atoms with Crippen LogP contribution < -0.4 is 5.73 Å². The molecule has 1 aliphatic heterocycles.